The van der Waals surface area contributed by atoms with Gasteiger partial charge >= 0.3 is 0 Å². The standard InChI is InChI=1S/C7H17N3O2.C2H4O2/c1-2-3-4-11-5-6-12-10-7(8)9;1-2(3)4/h2-6H2,1H3,(H4,8,9,10);1H3,(H,3,4). The quantitative estimate of drug-likeness (QED) is 0.249. The Hall–Kier alpha value is -1.50. The van der Waals surface area contributed by atoms with Gasteiger partial charge in [0, 0.05) is 13.5 Å². The molecule has 0 aliphatic rings. The van der Waals surface area contributed by atoms with Crippen LogP contribution in [-0.4, -0.2) is 36.9 Å². The molecule has 0 aromatic heterocycles. The molecule has 96 valence electrons. The molecule has 0 unspecified atom stereocenters. The largest absolute Gasteiger partial charge is 0.481 e. The molecule has 0 heterocycles. The van der Waals surface area contributed by atoms with Crippen LogP contribution in [0.25, 0.3) is 0 Å². The number of oxime groups is 1. The van der Waals surface area contributed by atoms with Crippen LogP contribution in [0.1, 0.15) is 26.7 Å². The normalized spacial score (nSPS) is 8.62. The number of nitrogens with two attached hydrogens (primary N) is 2. The zero-order chi connectivity index (χ0) is 12.8. The summed E-state index contributed by atoms with van der Waals surface area (Å²) >= 11 is 0. The van der Waals surface area contributed by atoms with Crippen molar-refractivity contribution in [1.29, 1.82) is 0 Å². The van der Waals surface area contributed by atoms with Crippen molar-refractivity contribution < 1.29 is 19.5 Å². The zero-order valence-corrected chi connectivity index (χ0v) is 9.81. The minimum atomic E-state index is -0.833. The molecule has 5 N–H and O–H groups in total. The zero-order valence-electron chi connectivity index (χ0n) is 9.81. The van der Waals surface area contributed by atoms with Gasteiger partial charge in [-0.25, -0.2) is 0 Å². The second-order valence-electron chi connectivity index (χ2n) is 2.83. The number of carboxylic acid groups (broad SMARTS) is 1. The second kappa shape index (κ2) is 13.5. The lowest BCUT2D eigenvalue weighted by Gasteiger charge is -2.01. The first-order valence-corrected chi connectivity index (χ1v) is 4.98. The van der Waals surface area contributed by atoms with Crippen molar-refractivity contribution in [2.24, 2.45) is 16.6 Å². The fourth-order valence-electron chi connectivity index (χ4n) is 0.565. The number of rotatable bonds is 7. The van der Waals surface area contributed by atoms with E-state index in [0.29, 0.717) is 13.2 Å². The van der Waals surface area contributed by atoms with Gasteiger partial charge < -0.3 is 26.1 Å². The van der Waals surface area contributed by atoms with Crippen molar-refractivity contribution in [1.82, 2.24) is 0 Å². The minimum absolute atomic E-state index is 0.0661. The highest BCUT2D eigenvalue weighted by molar-refractivity contribution is 5.74. The highest BCUT2D eigenvalue weighted by atomic mass is 16.6. The van der Waals surface area contributed by atoms with Crippen LogP contribution in [0.15, 0.2) is 5.16 Å². The molecule has 0 radical (unpaired) electrons. The summed E-state index contributed by atoms with van der Waals surface area (Å²) in [5, 5.41) is 10.8. The summed E-state index contributed by atoms with van der Waals surface area (Å²) in [4.78, 5) is 13.7. The summed E-state index contributed by atoms with van der Waals surface area (Å²) in [6.45, 7) is 4.87. The van der Waals surface area contributed by atoms with E-state index in [-0.39, 0.29) is 5.96 Å². The predicted molar refractivity (Wildman–Crippen MR) is 60.8 cm³/mol. The molecule has 0 rings (SSSR count). The SMILES string of the molecule is CC(=O)O.CCCCOCCON=C(N)N. The first-order chi connectivity index (χ1) is 7.50. The Kier molecular flexibility index (Phi) is 14.3. The number of guanidine groups is 1. The number of unbranched alkanes of at least 4 members (excludes halogenated alkanes) is 1. The van der Waals surface area contributed by atoms with Crippen LogP contribution < -0.4 is 11.5 Å². The summed E-state index contributed by atoms with van der Waals surface area (Å²) in [5.41, 5.74) is 10.0. The first kappa shape index (κ1) is 16.9. The lowest BCUT2D eigenvalue weighted by molar-refractivity contribution is -0.134. The van der Waals surface area contributed by atoms with Crippen molar-refractivity contribution in [3.05, 3.63) is 0 Å². The molecule has 0 aliphatic heterocycles. The fraction of sp³-hybridized carbons (Fsp3) is 0.778. The van der Waals surface area contributed by atoms with Gasteiger partial charge in [-0.3, -0.25) is 4.79 Å². The minimum Gasteiger partial charge on any atom is -0.481 e. The Morgan fingerprint density at radius 3 is 2.31 bits per heavy atom. The summed E-state index contributed by atoms with van der Waals surface area (Å²) < 4.78 is 5.18. The van der Waals surface area contributed by atoms with Gasteiger partial charge in [-0.2, -0.15) is 0 Å². The van der Waals surface area contributed by atoms with E-state index in [9.17, 15) is 0 Å². The summed E-state index contributed by atoms with van der Waals surface area (Å²) in [6, 6.07) is 0. The van der Waals surface area contributed by atoms with E-state index in [0.717, 1.165) is 26.4 Å². The van der Waals surface area contributed by atoms with Crippen molar-refractivity contribution in [2.75, 3.05) is 19.8 Å². The molecule has 0 aromatic rings. The Bertz CT molecular complexity index is 189. The van der Waals surface area contributed by atoms with Crippen molar-refractivity contribution in [3.8, 4) is 0 Å². The number of carboxylic acids is 1. The highest BCUT2D eigenvalue weighted by Crippen LogP contribution is 1.87. The third kappa shape index (κ3) is 29.4. The molecule has 16 heavy (non-hydrogen) atoms. The second-order valence-corrected chi connectivity index (χ2v) is 2.83. The van der Waals surface area contributed by atoms with Crippen molar-refractivity contribution in [2.45, 2.75) is 26.7 Å². The van der Waals surface area contributed by atoms with Crippen LogP contribution in [0, 0.1) is 0 Å². The smallest absolute Gasteiger partial charge is 0.300 e. The van der Waals surface area contributed by atoms with E-state index in [1.165, 1.54) is 0 Å². The molecule has 0 bridgehead atoms. The molecular formula is C9H21N3O4. The lowest BCUT2D eigenvalue weighted by atomic mass is 10.4. The molecular weight excluding hydrogens is 214 g/mol. The van der Waals surface area contributed by atoms with Crippen LogP contribution in [0.5, 0.6) is 0 Å². The van der Waals surface area contributed by atoms with Gasteiger partial charge in [0.15, 0.2) is 0 Å². The van der Waals surface area contributed by atoms with Gasteiger partial charge in [-0.05, 0) is 11.6 Å². The first-order valence-electron chi connectivity index (χ1n) is 4.98. The van der Waals surface area contributed by atoms with E-state index >= 15 is 0 Å². The van der Waals surface area contributed by atoms with E-state index in [1.54, 1.807) is 0 Å². The maximum atomic E-state index is 9.00. The maximum absolute atomic E-state index is 9.00. The molecule has 0 saturated heterocycles. The molecule has 0 atom stereocenters. The molecule has 0 fully saturated rings. The number of nitrogens with zero attached hydrogens (tertiary/aromatic N) is 1. The highest BCUT2D eigenvalue weighted by Gasteiger charge is 1.87. The summed E-state index contributed by atoms with van der Waals surface area (Å²) in [5.74, 6) is -0.899. The lowest BCUT2D eigenvalue weighted by Crippen LogP contribution is -2.23. The van der Waals surface area contributed by atoms with Gasteiger partial charge in [0.25, 0.3) is 5.97 Å². The molecule has 0 aromatic carbocycles. The van der Waals surface area contributed by atoms with Gasteiger partial charge in [-0.15, -0.1) is 0 Å². The van der Waals surface area contributed by atoms with E-state index in [2.05, 4.69) is 16.9 Å². The van der Waals surface area contributed by atoms with Crippen LogP contribution in [0.2, 0.25) is 0 Å². The van der Waals surface area contributed by atoms with Crippen molar-refractivity contribution in [3.63, 3.8) is 0 Å². The van der Waals surface area contributed by atoms with Gasteiger partial charge in [0.1, 0.15) is 6.61 Å². The van der Waals surface area contributed by atoms with Gasteiger partial charge in [0.2, 0.25) is 5.96 Å². The van der Waals surface area contributed by atoms with Gasteiger partial charge in [0.05, 0.1) is 6.61 Å². The number of aliphatic carboxylic acids is 1. The molecule has 0 saturated carbocycles. The number of carbonyl (C=O) groups is 1. The Balaban J connectivity index is 0. The topological polar surface area (TPSA) is 120 Å². The average molecular weight is 235 g/mol. The fourth-order valence-corrected chi connectivity index (χ4v) is 0.565. The number of hydrogen-bond acceptors (Lipinski definition) is 4. The molecule has 7 nitrogen and oxygen atoms in total. The van der Waals surface area contributed by atoms with Crippen molar-refractivity contribution >= 4 is 11.9 Å². The predicted octanol–water partition coefficient (Wildman–Crippen LogP) is 0.0990. The Labute approximate surface area is 95.4 Å². The van der Waals surface area contributed by atoms with Crippen LogP contribution >= 0.6 is 0 Å². The maximum Gasteiger partial charge on any atom is 0.300 e. The molecule has 0 aliphatic carbocycles. The Morgan fingerprint density at radius 2 is 1.88 bits per heavy atom. The van der Waals surface area contributed by atoms with E-state index < -0.39 is 5.97 Å². The van der Waals surface area contributed by atoms with Gasteiger partial charge in [-0.1, -0.05) is 13.3 Å². The number of ether oxygens (including phenoxy) is 1. The molecule has 7 heteroatoms. The molecule has 0 amide bonds. The summed E-state index contributed by atoms with van der Waals surface area (Å²) in [6.07, 6.45) is 2.21. The monoisotopic (exact) mass is 235 g/mol. The van der Waals surface area contributed by atoms with E-state index in [1.807, 2.05) is 0 Å². The van der Waals surface area contributed by atoms with Crippen LogP contribution in [0.4, 0.5) is 0 Å². The van der Waals surface area contributed by atoms with Crippen LogP contribution in [-0.2, 0) is 14.4 Å². The van der Waals surface area contributed by atoms with E-state index in [4.69, 9.17) is 26.1 Å². The molecule has 0 spiro atoms. The average Bonchev–Trinajstić information content (AvgIpc) is 2.15. The third-order valence-electron chi connectivity index (χ3n) is 1.13. The summed E-state index contributed by atoms with van der Waals surface area (Å²) in [7, 11) is 0. The third-order valence-corrected chi connectivity index (χ3v) is 1.13. The Morgan fingerprint density at radius 1 is 1.31 bits per heavy atom. The van der Waals surface area contributed by atoms with Crippen LogP contribution in [0.3, 0.4) is 0 Å². The number of hydrogen-bond donors (Lipinski definition) is 3.